The van der Waals surface area contributed by atoms with Crippen LogP contribution in [-0.4, -0.2) is 34.8 Å². The lowest BCUT2D eigenvalue weighted by atomic mass is 9.85. The maximum Gasteiger partial charge on any atom is 0.254 e. The van der Waals surface area contributed by atoms with Gasteiger partial charge in [-0.3, -0.25) is 9.59 Å². The first-order chi connectivity index (χ1) is 12.6. The van der Waals surface area contributed by atoms with Crippen molar-refractivity contribution in [3.05, 3.63) is 35.9 Å². The standard InChI is InChI=1S/C20H20N2O4/c1-2-26-15-9-11(3-6-14(15)23)10-21-22-18(24)16-12-4-5-13(17(16)19(22)25)20(12)7-8-20/h3-6,9-10,12-13,16-17,23H,2,7-8H2,1H3/b21-10+/t12-,13+,16+,17-. The zero-order valence-electron chi connectivity index (χ0n) is 14.5. The minimum atomic E-state index is -0.240. The van der Waals surface area contributed by atoms with Crippen LogP contribution < -0.4 is 4.74 Å². The largest absolute Gasteiger partial charge is 0.504 e. The molecule has 4 aliphatic rings. The molecular weight excluding hydrogens is 332 g/mol. The Morgan fingerprint density at radius 2 is 1.88 bits per heavy atom. The highest BCUT2D eigenvalue weighted by molar-refractivity contribution is 6.07. The maximum atomic E-state index is 12.8. The molecule has 1 heterocycles. The van der Waals surface area contributed by atoms with Crippen LogP contribution in [0.1, 0.15) is 25.3 Å². The van der Waals surface area contributed by atoms with Crippen molar-refractivity contribution in [3.8, 4) is 11.5 Å². The molecule has 2 amide bonds. The molecule has 4 atom stereocenters. The molecular formula is C20H20N2O4. The number of ether oxygens (including phenoxy) is 1. The van der Waals surface area contributed by atoms with Crippen LogP contribution in [0.15, 0.2) is 35.5 Å². The molecule has 134 valence electrons. The quantitative estimate of drug-likeness (QED) is 0.512. The number of hydrazone groups is 1. The number of nitrogens with zero attached hydrogens (tertiary/aromatic N) is 2. The average molecular weight is 352 g/mol. The number of phenols is 1. The second kappa shape index (κ2) is 5.19. The average Bonchev–Trinajstić information content (AvgIpc) is 3.23. The summed E-state index contributed by atoms with van der Waals surface area (Å²) < 4.78 is 5.35. The molecule has 3 fully saturated rings. The van der Waals surface area contributed by atoms with Crippen molar-refractivity contribution in [1.82, 2.24) is 5.01 Å². The number of amides is 2. The van der Waals surface area contributed by atoms with E-state index in [2.05, 4.69) is 17.3 Å². The SMILES string of the molecule is CCOc1cc(/C=N/N2C(=O)[C@@H]3[C@H](C2=O)[C@@H]2C=C[C@H]3C23CC3)ccc1O. The molecule has 2 bridgehead atoms. The van der Waals surface area contributed by atoms with E-state index < -0.39 is 0 Å². The normalized spacial score (nSPS) is 32.9. The van der Waals surface area contributed by atoms with Gasteiger partial charge < -0.3 is 9.84 Å². The molecule has 5 rings (SSSR count). The number of carbonyl (C=O) groups excluding carboxylic acids is 2. The summed E-state index contributed by atoms with van der Waals surface area (Å²) in [5, 5.41) is 15.0. The van der Waals surface area contributed by atoms with E-state index in [0.717, 1.165) is 17.9 Å². The van der Waals surface area contributed by atoms with Crippen LogP contribution in [0.25, 0.3) is 0 Å². The van der Waals surface area contributed by atoms with Gasteiger partial charge in [0.2, 0.25) is 0 Å². The van der Waals surface area contributed by atoms with Gasteiger partial charge in [0, 0.05) is 0 Å². The molecule has 0 unspecified atom stereocenters. The van der Waals surface area contributed by atoms with E-state index in [0.29, 0.717) is 17.9 Å². The van der Waals surface area contributed by atoms with Crippen LogP contribution in [0.4, 0.5) is 0 Å². The van der Waals surface area contributed by atoms with Crippen molar-refractivity contribution in [2.24, 2.45) is 34.2 Å². The van der Waals surface area contributed by atoms with Crippen LogP contribution in [0.5, 0.6) is 11.5 Å². The first-order valence-electron chi connectivity index (χ1n) is 9.13. The smallest absolute Gasteiger partial charge is 0.254 e. The zero-order valence-corrected chi connectivity index (χ0v) is 14.5. The minimum Gasteiger partial charge on any atom is -0.504 e. The Labute approximate surface area is 151 Å². The highest BCUT2D eigenvalue weighted by Gasteiger charge is 2.73. The number of fused-ring (bicyclic) bond motifs is 3. The summed E-state index contributed by atoms with van der Waals surface area (Å²) in [4.78, 5) is 25.7. The molecule has 0 aromatic heterocycles. The van der Waals surface area contributed by atoms with E-state index in [1.54, 1.807) is 12.1 Å². The van der Waals surface area contributed by atoms with Gasteiger partial charge >= 0.3 is 0 Å². The second-order valence-corrected chi connectivity index (χ2v) is 7.61. The molecule has 1 aromatic rings. The highest BCUT2D eigenvalue weighted by Crippen LogP contribution is 2.73. The number of hydrogen-bond donors (Lipinski definition) is 1. The van der Waals surface area contributed by atoms with Crippen molar-refractivity contribution in [2.75, 3.05) is 6.61 Å². The van der Waals surface area contributed by atoms with Crippen molar-refractivity contribution in [1.29, 1.82) is 0 Å². The Morgan fingerprint density at radius 3 is 2.46 bits per heavy atom. The van der Waals surface area contributed by atoms with Gasteiger partial charge in [0.05, 0.1) is 24.7 Å². The predicted octanol–water partition coefficient (Wildman–Crippen LogP) is 2.32. The molecule has 2 saturated carbocycles. The molecule has 6 heteroatoms. The molecule has 1 saturated heterocycles. The maximum absolute atomic E-state index is 12.8. The van der Waals surface area contributed by atoms with Crippen LogP contribution in [-0.2, 0) is 9.59 Å². The van der Waals surface area contributed by atoms with E-state index in [-0.39, 0.29) is 46.7 Å². The molecule has 26 heavy (non-hydrogen) atoms. The summed E-state index contributed by atoms with van der Waals surface area (Å²) in [7, 11) is 0. The van der Waals surface area contributed by atoms with Crippen molar-refractivity contribution >= 4 is 18.0 Å². The fourth-order valence-corrected chi connectivity index (χ4v) is 5.18. The van der Waals surface area contributed by atoms with Gasteiger partial charge in [-0.1, -0.05) is 12.2 Å². The fraction of sp³-hybridized carbons (Fsp3) is 0.450. The minimum absolute atomic E-state index is 0.0456. The Bertz CT molecular complexity index is 837. The number of aromatic hydroxyl groups is 1. The van der Waals surface area contributed by atoms with Gasteiger partial charge in [0.15, 0.2) is 11.5 Å². The molecule has 3 aliphatic carbocycles. The van der Waals surface area contributed by atoms with Crippen LogP contribution in [0.3, 0.4) is 0 Å². The summed E-state index contributed by atoms with van der Waals surface area (Å²) >= 11 is 0. The topological polar surface area (TPSA) is 79.2 Å². The summed E-state index contributed by atoms with van der Waals surface area (Å²) in [5.74, 6) is -0.0346. The monoisotopic (exact) mass is 352 g/mol. The first kappa shape index (κ1) is 15.6. The van der Waals surface area contributed by atoms with Crippen molar-refractivity contribution in [2.45, 2.75) is 19.8 Å². The molecule has 1 N–H and O–H groups in total. The third kappa shape index (κ3) is 1.90. The summed E-state index contributed by atoms with van der Waals surface area (Å²) in [5.41, 5.74) is 0.850. The highest BCUT2D eigenvalue weighted by atomic mass is 16.5. The predicted molar refractivity (Wildman–Crippen MR) is 93.5 cm³/mol. The number of phenolic OH excluding ortho intramolecular Hbond substituents is 1. The number of imide groups is 1. The lowest BCUT2D eigenvalue weighted by Gasteiger charge is -2.18. The van der Waals surface area contributed by atoms with Crippen LogP contribution >= 0.6 is 0 Å². The summed E-state index contributed by atoms with van der Waals surface area (Å²) in [6.07, 6.45) is 8.01. The number of carbonyl (C=O) groups is 2. The molecule has 1 spiro atoms. The summed E-state index contributed by atoms with van der Waals surface area (Å²) in [6.45, 7) is 2.26. The Kier molecular flexibility index (Phi) is 3.12. The number of allylic oxidation sites excluding steroid dienone is 2. The third-order valence-electron chi connectivity index (χ3n) is 6.44. The number of hydrogen-bond acceptors (Lipinski definition) is 5. The van der Waals surface area contributed by atoms with Gasteiger partial charge in [-0.2, -0.15) is 10.1 Å². The Hall–Kier alpha value is -2.63. The van der Waals surface area contributed by atoms with Crippen molar-refractivity contribution < 1.29 is 19.4 Å². The van der Waals surface area contributed by atoms with E-state index in [1.807, 2.05) is 6.92 Å². The number of benzene rings is 1. The Balaban J connectivity index is 1.39. The molecule has 0 radical (unpaired) electrons. The summed E-state index contributed by atoms with van der Waals surface area (Å²) in [6, 6.07) is 4.81. The van der Waals surface area contributed by atoms with Gasteiger partial charge in [0.1, 0.15) is 0 Å². The van der Waals surface area contributed by atoms with Gasteiger partial charge in [0.25, 0.3) is 11.8 Å². The van der Waals surface area contributed by atoms with Gasteiger partial charge in [-0.05, 0) is 60.8 Å². The van der Waals surface area contributed by atoms with Crippen LogP contribution in [0, 0.1) is 29.1 Å². The van der Waals surface area contributed by atoms with E-state index in [4.69, 9.17) is 4.74 Å². The van der Waals surface area contributed by atoms with Gasteiger partial charge in [-0.25, -0.2) is 0 Å². The van der Waals surface area contributed by atoms with E-state index in [9.17, 15) is 14.7 Å². The molecule has 1 aromatic carbocycles. The number of rotatable bonds is 4. The zero-order chi connectivity index (χ0) is 18.1. The van der Waals surface area contributed by atoms with Crippen LogP contribution in [0.2, 0.25) is 0 Å². The first-order valence-corrected chi connectivity index (χ1v) is 9.13. The fourth-order valence-electron chi connectivity index (χ4n) is 5.18. The van der Waals surface area contributed by atoms with E-state index in [1.165, 1.54) is 12.3 Å². The third-order valence-corrected chi connectivity index (χ3v) is 6.44. The van der Waals surface area contributed by atoms with Gasteiger partial charge in [-0.15, -0.1) is 0 Å². The lowest BCUT2D eigenvalue weighted by molar-refractivity contribution is -0.141. The van der Waals surface area contributed by atoms with Crippen molar-refractivity contribution in [3.63, 3.8) is 0 Å². The lowest BCUT2D eigenvalue weighted by Crippen LogP contribution is -2.30. The van der Waals surface area contributed by atoms with E-state index >= 15 is 0 Å². The Morgan fingerprint density at radius 1 is 1.23 bits per heavy atom. The second-order valence-electron chi connectivity index (χ2n) is 7.61. The molecule has 1 aliphatic heterocycles. The molecule has 6 nitrogen and oxygen atoms in total.